The van der Waals surface area contributed by atoms with Crippen LogP contribution < -0.4 is 0 Å². The van der Waals surface area contributed by atoms with Gasteiger partial charge in [-0.1, -0.05) is 0 Å². The number of rotatable bonds is 1. The van der Waals surface area contributed by atoms with Gasteiger partial charge in [0.25, 0.3) is 0 Å². The molecule has 2 saturated heterocycles. The van der Waals surface area contributed by atoms with Gasteiger partial charge < -0.3 is 9.84 Å². The van der Waals surface area contributed by atoms with Crippen LogP contribution in [0.5, 0.6) is 0 Å². The van der Waals surface area contributed by atoms with Crippen molar-refractivity contribution < 1.29 is 9.84 Å². The molecule has 0 aromatic rings. The molecule has 1 unspecified atom stereocenters. The average Bonchev–Trinajstić information content (AvgIpc) is 2.19. The SMILES string of the molecule is CC(O)C12COC(C)(C1)C2. The number of ether oxygens (including phenoxy) is 1. The van der Waals surface area contributed by atoms with E-state index in [0.717, 1.165) is 19.4 Å². The summed E-state index contributed by atoms with van der Waals surface area (Å²) in [6, 6.07) is 0. The Kier molecular flexibility index (Phi) is 1.03. The van der Waals surface area contributed by atoms with Gasteiger partial charge in [0.2, 0.25) is 0 Å². The lowest BCUT2D eigenvalue weighted by atomic mass is 9.61. The molecule has 2 nitrogen and oxygen atoms in total. The van der Waals surface area contributed by atoms with Crippen LogP contribution in [0.2, 0.25) is 0 Å². The number of fused-ring (bicyclic) bond motifs is 1. The highest BCUT2D eigenvalue weighted by Crippen LogP contribution is 2.59. The summed E-state index contributed by atoms with van der Waals surface area (Å²) in [5.74, 6) is 0. The summed E-state index contributed by atoms with van der Waals surface area (Å²) in [6.07, 6.45) is 1.91. The Balaban J connectivity index is 2.13. The quantitative estimate of drug-likeness (QED) is 0.590. The van der Waals surface area contributed by atoms with Crippen LogP contribution in [0.3, 0.4) is 0 Å². The molecule has 3 fully saturated rings. The molecule has 0 amide bonds. The summed E-state index contributed by atoms with van der Waals surface area (Å²) in [4.78, 5) is 0. The topological polar surface area (TPSA) is 29.5 Å². The lowest BCUT2D eigenvalue weighted by Crippen LogP contribution is -2.47. The van der Waals surface area contributed by atoms with Gasteiger partial charge in [0.15, 0.2) is 0 Å². The van der Waals surface area contributed by atoms with E-state index < -0.39 is 0 Å². The number of hydrogen-bond acceptors (Lipinski definition) is 2. The Morgan fingerprint density at radius 3 is 2.30 bits per heavy atom. The molecule has 0 radical (unpaired) electrons. The molecule has 2 heterocycles. The van der Waals surface area contributed by atoms with Crippen LogP contribution in [-0.2, 0) is 4.74 Å². The fourth-order valence-corrected chi connectivity index (χ4v) is 2.38. The summed E-state index contributed by atoms with van der Waals surface area (Å²) in [7, 11) is 0. The van der Waals surface area contributed by atoms with Crippen molar-refractivity contribution in [2.45, 2.75) is 38.4 Å². The van der Waals surface area contributed by atoms with E-state index in [1.807, 2.05) is 6.92 Å². The molecule has 58 valence electrons. The van der Waals surface area contributed by atoms with E-state index in [9.17, 15) is 5.11 Å². The zero-order valence-electron chi connectivity index (χ0n) is 6.55. The zero-order chi connectivity index (χ0) is 7.41. The van der Waals surface area contributed by atoms with Crippen LogP contribution in [0.15, 0.2) is 0 Å². The van der Waals surface area contributed by atoms with Crippen molar-refractivity contribution in [3.8, 4) is 0 Å². The van der Waals surface area contributed by atoms with Crippen molar-refractivity contribution in [3.63, 3.8) is 0 Å². The second kappa shape index (κ2) is 1.56. The van der Waals surface area contributed by atoms with Gasteiger partial charge in [-0.15, -0.1) is 0 Å². The predicted octanol–water partition coefficient (Wildman–Crippen LogP) is 0.936. The molecular weight excluding hydrogens is 128 g/mol. The van der Waals surface area contributed by atoms with Crippen molar-refractivity contribution in [3.05, 3.63) is 0 Å². The third-order valence-corrected chi connectivity index (χ3v) is 3.05. The minimum Gasteiger partial charge on any atom is -0.393 e. The predicted molar refractivity (Wildman–Crippen MR) is 37.7 cm³/mol. The molecule has 0 aromatic carbocycles. The molecule has 1 saturated carbocycles. The monoisotopic (exact) mass is 142 g/mol. The Morgan fingerprint density at radius 1 is 1.50 bits per heavy atom. The molecule has 0 spiro atoms. The van der Waals surface area contributed by atoms with Crippen LogP contribution in [0.4, 0.5) is 0 Å². The van der Waals surface area contributed by atoms with Crippen molar-refractivity contribution in [1.29, 1.82) is 0 Å². The summed E-state index contributed by atoms with van der Waals surface area (Å²) >= 11 is 0. The van der Waals surface area contributed by atoms with Crippen molar-refractivity contribution >= 4 is 0 Å². The minimum absolute atomic E-state index is 0.122. The first-order valence-electron chi connectivity index (χ1n) is 3.88. The van der Waals surface area contributed by atoms with E-state index in [1.165, 1.54) is 0 Å². The first-order chi connectivity index (χ1) is 4.56. The van der Waals surface area contributed by atoms with Crippen molar-refractivity contribution in [1.82, 2.24) is 0 Å². The molecule has 2 aliphatic heterocycles. The van der Waals surface area contributed by atoms with Crippen molar-refractivity contribution in [2.75, 3.05) is 6.61 Å². The molecule has 10 heavy (non-hydrogen) atoms. The maximum absolute atomic E-state index is 9.38. The third kappa shape index (κ3) is 0.611. The second-order valence-electron chi connectivity index (χ2n) is 4.13. The highest BCUT2D eigenvalue weighted by molar-refractivity contribution is 5.10. The van der Waals surface area contributed by atoms with Gasteiger partial charge in [0.1, 0.15) is 0 Å². The average molecular weight is 142 g/mol. The van der Waals surface area contributed by atoms with Gasteiger partial charge in [-0.3, -0.25) is 0 Å². The third-order valence-electron chi connectivity index (χ3n) is 3.05. The molecule has 3 aliphatic rings. The smallest absolute Gasteiger partial charge is 0.0669 e. The Morgan fingerprint density at radius 2 is 2.10 bits per heavy atom. The Bertz CT molecular complexity index is 157. The first-order valence-corrected chi connectivity index (χ1v) is 3.88. The zero-order valence-corrected chi connectivity index (χ0v) is 6.55. The van der Waals surface area contributed by atoms with Gasteiger partial charge >= 0.3 is 0 Å². The molecule has 0 aromatic heterocycles. The van der Waals surface area contributed by atoms with Crippen LogP contribution in [0, 0.1) is 5.41 Å². The highest BCUT2D eigenvalue weighted by Gasteiger charge is 2.61. The van der Waals surface area contributed by atoms with Gasteiger partial charge in [-0.25, -0.2) is 0 Å². The largest absolute Gasteiger partial charge is 0.393 e. The van der Waals surface area contributed by atoms with E-state index >= 15 is 0 Å². The second-order valence-corrected chi connectivity index (χ2v) is 4.13. The van der Waals surface area contributed by atoms with Gasteiger partial charge in [-0.2, -0.15) is 0 Å². The van der Waals surface area contributed by atoms with Gasteiger partial charge in [-0.05, 0) is 26.7 Å². The maximum Gasteiger partial charge on any atom is 0.0669 e. The van der Waals surface area contributed by atoms with E-state index in [1.54, 1.807) is 0 Å². The summed E-state index contributed by atoms with van der Waals surface area (Å²) < 4.78 is 5.52. The standard InChI is InChI=1S/C8H14O2/c1-6(9)8-3-7(2,4-8)10-5-8/h6,9H,3-5H2,1-2H3. The van der Waals surface area contributed by atoms with Crippen LogP contribution >= 0.6 is 0 Å². The minimum atomic E-state index is -0.192. The maximum atomic E-state index is 9.38. The summed E-state index contributed by atoms with van der Waals surface area (Å²) in [5.41, 5.74) is 0.256. The molecule has 2 heteroatoms. The van der Waals surface area contributed by atoms with Crippen LogP contribution in [-0.4, -0.2) is 23.4 Å². The molecule has 1 atom stereocenters. The molecule has 2 bridgehead atoms. The molecule has 1 N–H and O–H groups in total. The van der Waals surface area contributed by atoms with E-state index in [2.05, 4.69) is 6.92 Å². The number of hydrogen-bond donors (Lipinski definition) is 1. The van der Waals surface area contributed by atoms with E-state index in [-0.39, 0.29) is 17.1 Å². The van der Waals surface area contributed by atoms with Gasteiger partial charge in [0, 0.05) is 5.41 Å². The lowest BCUT2D eigenvalue weighted by Gasteiger charge is -2.44. The lowest BCUT2D eigenvalue weighted by molar-refractivity contribution is -0.0410. The molecule has 3 rings (SSSR count). The number of aliphatic hydroxyl groups excluding tert-OH is 1. The normalized spacial score (nSPS) is 54.3. The Labute approximate surface area is 61.2 Å². The summed E-state index contributed by atoms with van der Waals surface area (Å²) in [6.45, 7) is 4.76. The van der Waals surface area contributed by atoms with Gasteiger partial charge in [0.05, 0.1) is 18.3 Å². The van der Waals surface area contributed by atoms with Crippen LogP contribution in [0.25, 0.3) is 0 Å². The first kappa shape index (κ1) is 6.62. The molecule has 1 aliphatic carbocycles. The van der Waals surface area contributed by atoms with E-state index in [4.69, 9.17) is 4.74 Å². The summed E-state index contributed by atoms with van der Waals surface area (Å²) in [5, 5.41) is 9.38. The molecular formula is C8H14O2. The fourth-order valence-electron chi connectivity index (χ4n) is 2.38. The fraction of sp³-hybridized carbons (Fsp3) is 1.00. The highest BCUT2D eigenvalue weighted by atomic mass is 16.5. The number of aliphatic hydroxyl groups is 1. The van der Waals surface area contributed by atoms with Crippen molar-refractivity contribution in [2.24, 2.45) is 5.41 Å². The van der Waals surface area contributed by atoms with Crippen LogP contribution in [0.1, 0.15) is 26.7 Å². The Hall–Kier alpha value is -0.0800. The van der Waals surface area contributed by atoms with E-state index in [0.29, 0.717) is 0 Å².